The first-order valence-electron chi connectivity index (χ1n) is 11.1. The van der Waals surface area contributed by atoms with E-state index in [0.717, 1.165) is 33.6 Å². The highest BCUT2D eigenvalue weighted by molar-refractivity contribution is 7.98. The summed E-state index contributed by atoms with van der Waals surface area (Å²) in [6.07, 6.45) is 1.35. The third kappa shape index (κ3) is 4.00. The largest absolute Gasteiger partial charge is 0.325 e. The van der Waals surface area contributed by atoms with Crippen LogP contribution < -0.4 is 15.6 Å². The Morgan fingerprint density at radius 1 is 0.971 bits per heavy atom. The van der Waals surface area contributed by atoms with E-state index in [1.54, 1.807) is 10.9 Å². The van der Waals surface area contributed by atoms with Crippen LogP contribution in [0.1, 0.15) is 17.3 Å². The lowest BCUT2D eigenvalue weighted by Crippen LogP contribution is -2.55. The minimum Gasteiger partial charge on any atom is -0.321 e. The number of halogens is 1. The molecule has 3 aromatic carbocycles. The van der Waals surface area contributed by atoms with Gasteiger partial charge in [0, 0.05) is 21.4 Å². The number of nitrogens with zero attached hydrogens (tertiary/aromatic N) is 3. The average molecular weight is 500 g/mol. The first-order chi connectivity index (χ1) is 17.2. The fraction of sp³-hybridized carbons (Fsp3) is 0.0769. The second-order valence-electron chi connectivity index (χ2n) is 8.09. The van der Waals surface area contributed by atoms with Gasteiger partial charge < -0.3 is 5.32 Å². The van der Waals surface area contributed by atoms with Gasteiger partial charge in [0.15, 0.2) is 0 Å². The number of thioether (sulfide) groups is 1. The van der Waals surface area contributed by atoms with Crippen LogP contribution in [-0.2, 0) is 5.75 Å². The molecule has 1 aliphatic rings. The highest BCUT2D eigenvalue weighted by Gasteiger charge is 2.39. The molecular weight excluding hydrogens is 480 g/mol. The number of para-hydroxylation sites is 1. The molecule has 0 unspecified atom stereocenters. The van der Waals surface area contributed by atoms with Gasteiger partial charge in [-0.15, -0.1) is 0 Å². The van der Waals surface area contributed by atoms with Gasteiger partial charge in [-0.3, -0.25) is 14.9 Å². The van der Waals surface area contributed by atoms with E-state index < -0.39 is 6.17 Å². The molecule has 1 atom stereocenters. The molecule has 7 nitrogen and oxygen atoms in total. The molecule has 35 heavy (non-hydrogen) atoms. The van der Waals surface area contributed by atoms with Crippen LogP contribution >= 0.6 is 23.4 Å². The number of rotatable bonds is 5. The SMILES string of the molecule is O=c1[nH]c(SCc2ccccc2Cl)n[n+]2c1-c1ccccc1N[C@@H]2c1cn[nH]c1-c1ccccc1. The zero-order valence-electron chi connectivity index (χ0n) is 18.4. The third-order valence-corrected chi connectivity index (χ3v) is 7.21. The van der Waals surface area contributed by atoms with Gasteiger partial charge in [0.05, 0.1) is 28.7 Å². The number of aromatic nitrogens is 5. The summed E-state index contributed by atoms with van der Waals surface area (Å²) in [5, 5.41) is 17.1. The number of nitrogens with one attached hydrogen (secondary N) is 3. The van der Waals surface area contributed by atoms with Crippen LogP contribution in [0.15, 0.2) is 95.0 Å². The Morgan fingerprint density at radius 3 is 2.60 bits per heavy atom. The van der Waals surface area contributed by atoms with Crippen molar-refractivity contribution in [2.75, 3.05) is 5.32 Å². The van der Waals surface area contributed by atoms with Gasteiger partial charge in [-0.1, -0.05) is 84.0 Å². The van der Waals surface area contributed by atoms with Crippen LogP contribution in [0.25, 0.3) is 22.5 Å². The predicted molar refractivity (Wildman–Crippen MR) is 137 cm³/mol. The Bertz CT molecular complexity index is 1580. The molecule has 0 radical (unpaired) electrons. The minimum absolute atomic E-state index is 0.203. The summed E-state index contributed by atoms with van der Waals surface area (Å²) in [5.41, 5.74) is 5.68. The zero-order chi connectivity index (χ0) is 23.8. The van der Waals surface area contributed by atoms with Crippen molar-refractivity contribution in [1.82, 2.24) is 20.3 Å². The van der Waals surface area contributed by atoms with Crippen molar-refractivity contribution in [3.05, 3.63) is 112 Å². The molecule has 3 heterocycles. The Kier molecular flexibility index (Phi) is 5.60. The molecule has 0 aliphatic carbocycles. The van der Waals surface area contributed by atoms with E-state index >= 15 is 0 Å². The number of anilines is 1. The predicted octanol–water partition coefficient (Wildman–Crippen LogP) is 5.03. The lowest BCUT2D eigenvalue weighted by molar-refractivity contribution is -0.759. The number of hydrogen-bond donors (Lipinski definition) is 3. The van der Waals surface area contributed by atoms with E-state index in [9.17, 15) is 4.79 Å². The summed E-state index contributed by atoms with van der Waals surface area (Å²) in [6.45, 7) is 0. The van der Waals surface area contributed by atoms with Crippen molar-refractivity contribution in [3.8, 4) is 22.5 Å². The number of H-pyrrole nitrogens is 2. The normalized spacial score (nSPS) is 14.1. The summed E-state index contributed by atoms with van der Waals surface area (Å²) in [6, 6.07) is 25.4. The molecule has 172 valence electrons. The summed E-state index contributed by atoms with van der Waals surface area (Å²) in [4.78, 5) is 16.3. The lowest BCUT2D eigenvalue weighted by Gasteiger charge is -2.22. The summed E-state index contributed by atoms with van der Waals surface area (Å²) >= 11 is 7.76. The fourth-order valence-corrected chi connectivity index (χ4v) is 5.40. The van der Waals surface area contributed by atoms with Crippen LogP contribution in [-0.4, -0.2) is 20.3 Å². The van der Waals surface area contributed by atoms with E-state index in [2.05, 4.69) is 20.5 Å². The van der Waals surface area contributed by atoms with Gasteiger partial charge in [0.25, 0.3) is 6.17 Å². The molecule has 0 amide bonds. The van der Waals surface area contributed by atoms with Crippen LogP contribution in [0.4, 0.5) is 5.69 Å². The van der Waals surface area contributed by atoms with Crippen LogP contribution in [0.3, 0.4) is 0 Å². The number of benzene rings is 3. The topological polar surface area (TPSA) is 90.3 Å². The maximum atomic E-state index is 13.4. The van der Waals surface area contributed by atoms with Crippen LogP contribution in [0, 0.1) is 0 Å². The van der Waals surface area contributed by atoms with Gasteiger partial charge in [0.1, 0.15) is 0 Å². The quantitative estimate of drug-likeness (QED) is 0.233. The van der Waals surface area contributed by atoms with E-state index in [1.165, 1.54) is 11.8 Å². The Hall–Kier alpha value is -3.88. The second-order valence-corrected chi connectivity index (χ2v) is 9.46. The van der Waals surface area contributed by atoms with Gasteiger partial charge in [0.2, 0.25) is 5.16 Å². The van der Waals surface area contributed by atoms with Crippen molar-refractivity contribution in [3.63, 3.8) is 0 Å². The zero-order valence-corrected chi connectivity index (χ0v) is 20.0. The van der Waals surface area contributed by atoms with Crippen molar-refractivity contribution in [2.45, 2.75) is 17.1 Å². The molecule has 0 bridgehead atoms. The summed E-state index contributed by atoms with van der Waals surface area (Å²) in [7, 11) is 0. The highest BCUT2D eigenvalue weighted by Crippen LogP contribution is 2.34. The monoisotopic (exact) mass is 499 g/mol. The molecule has 5 aromatic rings. The smallest absolute Gasteiger partial charge is 0.321 e. The standard InChI is InChI=1S/C26H19ClN6OS/c27-20-12-6-4-10-17(20)15-35-26-30-25(34)23-18-11-5-7-13-21(18)29-24(33(23)32-26)19-14-28-31-22(19)16-8-2-1-3-9-16/h1-14,24H,15H2,(H2,28,30,31,32,34)/p+1/t24-/m0/s1. The van der Waals surface area contributed by atoms with Crippen molar-refractivity contribution < 1.29 is 4.68 Å². The van der Waals surface area contributed by atoms with Crippen LogP contribution in [0.5, 0.6) is 0 Å². The first-order valence-corrected chi connectivity index (χ1v) is 12.4. The van der Waals surface area contributed by atoms with Crippen molar-refractivity contribution in [2.24, 2.45) is 0 Å². The lowest BCUT2D eigenvalue weighted by atomic mass is 10.0. The second kappa shape index (κ2) is 9.05. The molecule has 0 fully saturated rings. The Labute approximate surface area is 210 Å². The van der Waals surface area contributed by atoms with Gasteiger partial charge in [-0.25, -0.2) is 0 Å². The van der Waals surface area contributed by atoms with Gasteiger partial charge in [-0.2, -0.15) is 5.10 Å². The first kappa shape index (κ1) is 21.6. The number of aromatic amines is 2. The number of fused-ring (bicyclic) bond motifs is 3. The molecule has 1 aliphatic heterocycles. The minimum atomic E-state index is -0.434. The third-order valence-electron chi connectivity index (χ3n) is 5.93. The molecular formula is C26H20ClN6OS+. The molecule has 0 saturated carbocycles. The fourth-order valence-electron chi connectivity index (χ4n) is 4.26. The van der Waals surface area contributed by atoms with Crippen molar-refractivity contribution >= 4 is 29.1 Å². The molecule has 2 aromatic heterocycles. The summed E-state index contributed by atoms with van der Waals surface area (Å²) < 4.78 is 1.76. The van der Waals surface area contributed by atoms with E-state index in [4.69, 9.17) is 16.7 Å². The molecule has 6 rings (SSSR count). The number of hydrogen-bond acceptors (Lipinski definition) is 5. The molecule has 9 heteroatoms. The highest BCUT2D eigenvalue weighted by atomic mass is 35.5. The Morgan fingerprint density at radius 2 is 1.74 bits per heavy atom. The van der Waals surface area contributed by atoms with E-state index in [-0.39, 0.29) is 5.56 Å². The molecule has 0 saturated heterocycles. The van der Waals surface area contributed by atoms with Gasteiger partial charge in [-0.05, 0) is 28.4 Å². The Balaban J connectivity index is 1.46. The molecule has 0 spiro atoms. The maximum Gasteiger partial charge on any atom is 0.325 e. The average Bonchev–Trinajstić information content (AvgIpc) is 3.38. The van der Waals surface area contributed by atoms with E-state index in [0.29, 0.717) is 21.6 Å². The van der Waals surface area contributed by atoms with Crippen molar-refractivity contribution in [1.29, 1.82) is 0 Å². The van der Waals surface area contributed by atoms with Crippen LogP contribution in [0.2, 0.25) is 5.02 Å². The molecule has 3 N–H and O–H groups in total. The maximum absolute atomic E-state index is 13.4. The van der Waals surface area contributed by atoms with E-state index in [1.807, 2.05) is 78.9 Å². The van der Waals surface area contributed by atoms with Gasteiger partial charge >= 0.3 is 11.3 Å². The summed E-state index contributed by atoms with van der Waals surface area (Å²) in [5.74, 6) is 0.581.